The standard InChI is InChI=1S/C17H20BrNS/c1-3-14(19)10-13-8-9-15(11-16(13)18)20-17-7-5-4-6-12(17)2/h4-9,11,14H,3,10,19H2,1-2H3. The third kappa shape index (κ3) is 4.11. The van der Waals surface area contributed by atoms with Gasteiger partial charge in [0.05, 0.1) is 0 Å². The van der Waals surface area contributed by atoms with Crippen molar-refractivity contribution in [2.45, 2.75) is 42.5 Å². The monoisotopic (exact) mass is 349 g/mol. The molecule has 0 radical (unpaired) electrons. The molecule has 0 bridgehead atoms. The molecule has 0 amide bonds. The van der Waals surface area contributed by atoms with E-state index in [2.05, 4.69) is 72.2 Å². The van der Waals surface area contributed by atoms with E-state index >= 15 is 0 Å². The zero-order valence-electron chi connectivity index (χ0n) is 11.9. The summed E-state index contributed by atoms with van der Waals surface area (Å²) in [6.07, 6.45) is 1.93. The van der Waals surface area contributed by atoms with Gasteiger partial charge in [-0.3, -0.25) is 0 Å². The lowest BCUT2D eigenvalue weighted by Crippen LogP contribution is -2.21. The Morgan fingerprint density at radius 1 is 1.20 bits per heavy atom. The average Bonchev–Trinajstić information content (AvgIpc) is 2.44. The third-order valence-electron chi connectivity index (χ3n) is 3.35. The van der Waals surface area contributed by atoms with Gasteiger partial charge >= 0.3 is 0 Å². The van der Waals surface area contributed by atoms with Gasteiger partial charge in [-0.05, 0) is 49.1 Å². The average molecular weight is 350 g/mol. The minimum absolute atomic E-state index is 0.237. The Bertz CT molecular complexity index is 583. The van der Waals surface area contributed by atoms with Crippen LogP contribution in [0.25, 0.3) is 0 Å². The predicted molar refractivity (Wildman–Crippen MR) is 91.4 cm³/mol. The fourth-order valence-electron chi connectivity index (χ4n) is 1.98. The highest BCUT2D eigenvalue weighted by atomic mass is 79.9. The summed E-state index contributed by atoms with van der Waals surface area (Å²) < 4.78 is 1.15. The highest BCUT2D eigenvalue weighted by Crippen LogP contribution is 2.33. The molecule has 20 heavy (non-hydrogen) atoms. The van der Waals surface area contributed by atoms with Gasteiger partial charge in [-0.1, -0.05) is 58.9 Å². The number of nitrogens with two attached hydrogens (primary N) is 1. The highest BCUT2D eigenvalue weighted by molar-refractivity contribution is 9.10. The van der Waals surface area contributed by atoms with Crippen LogP contribution in [0.1, 0.15) is 24.5 Å². The van der Waals surface area contributed by atoms with E-state index in [1.54, 1.807) is 11.8 Å². The molecule has 0 saturated carbocycles. The van der Waals surface area contributed by atoms with Crippen molar-refractivity contribution in [1.82, 2.24) is 0 Å². The van der Waals surface area contributed by atoms with Crippen LogP contribution in [0.4, 0.5) is 0 Å². The maximum Gasteiger partial charge on any atom is 0.0219 e. The molecule has 106 valence electrons. The maximum absolute atomic E-state index is 6.03. The van der Waals surface area contributed by atoms with Crippen molar-refractivity contribution in [1.29, 1.82) is 0 Å². The zero-order chi connectivity index (χ0) is 14.5. The molecule has 0 fully saturated rings. The summed E-state index contributed by atoms with van der Waals surface area (Å²) in [6.45, 7) is 4.27. The SMILES string of the molecule is CCC(N)Cc1ccc(Sc2ccccc2C)cc1Br. The Morgan fingerprint density at radius 2 is 1.95 bits per heavy atom. The molecular weight excluding hydrogens is 330 g/mol. The van der Waals surface area contributed by atoms with Crippen LogP contribution in [-0.4, -0.2) is 6.04 Å². The molecule has 2 aromatic carbocycles. The van der Waals surface area contributed by atoms with Gasteiger partial charge in [0.2, 0.25) is 0 Å². The molecule has 0 saturated heterocycles. The van der Waals surface area contributed by atoms with Crippen molar-refractivity contribution in [3.8, 4) is 0 Å². The first-order chi connectivity index (χ1) is 9.60. The van der Waals surface area contributed by atoms with Crippen LogP contribution >= 0.6 is 27.7 Å². The number of rotatable bonds is 5. The van der Waals surface area contributed by atoms with Crippen molar-refractivity contribution >= 4 is 27.7 Å². The molecule has 1 nitrogen and oxygen atoms in total. The Hall–Kier alpha value is -0.770. The van der Waals surface area contributed by atoms with Crippen LogP contribution in [0.15, 0.2) is 56.7 Å². The van der Waals surface area contributed by atoms with Gasteiger partial charge in [0.15, 0.2) is 0 Å². The summed E-state index contributed by atoms with van der Waals surface area (Å²) >= 11 is 5.47. The summed E-state index contributed by atoms with van der Waals surface area (Å²) in [6, 6.07) is 15.3. The van der Waals surface area contributed by atoms with E-state index in [0.717, 1.165) is 17.3 Å². The van der Waals surface area contributed by atoms with Crippen LogP contribution in [0, 0.1) is 6.92 Å². The van der Waals surface area contributed by atoms with E-state index in [0.29, 0.717) is 0 Å². The summed E-state index contributed by atoms with van der Waals surface area (Å²) in [4.78, 5) is 2.55. The van der Waals surface area contributed by atoms with Gasteiger partial charge in [0.25, 0.3) is 0 Å². The lowest BCUT2D eigenvalue weighted by molar-refractivity contribution is 0.645. The molecule has 0 aliphatic rings. The van der Waals surface area contributed by atoms with Crippen molar-refractivity contribution < 1.29 is 0 Å². The van der Waals surface area contributed by atoms with Crippen LogP contribution in [0.2, 0.25) is 0 Å². The molecule has 3 heteroatoms. The lowest BCUT2D eigenvalue weighted by atomic mass is 10.1. The molecule has 0 heterocycles. The van der Waals surface area contributed by atoms with Gasteiger partial charge in [0, 0.05) is 20.3 Å². The second kappa shape index (κ2) is 7.30. The van der Waals surface area contributed by atoms with E-state index in [1.807, 2.05) is 0 Å². The molecule has 1 unspecified atom stereocenters. The molecular formula is C17H20BrNS. The van der Waals surface area contributed by atoms with Crippen LogP contribution in [-0.2, 0) is 6.42 Å². The topological polar surface area (TPSA) is 26.0 Å². The minimum Gasteiger partial charge on any atom is -0.327 e. The Balaban J connectivity index is 2.15. The smallest absolute Gasteiger partial charge is 0.0219 e. The van der Waals surface area contributed by atoms with Crippen molar-refractivity contribution in [3.63, 3.8) is 0 Å². The molecule has 2 N–H and O–H groups in total. The van der Waals surface area contributed by atoms with Gasteiger partial charge in [-0.15, -0.1) is 0 Å². The lowest BCUT2D eigenvalue weighted by Gasteiger charge is -2.12. The highest BCUT2D eigenvalue weighted by Gasteiger charge is 2.07. The fourth-order valence-corrected chi connectivity index (χ4v) is 3.62. The number of halogens is 1. The first kappa shape index (κ1) is 15.6. The summed E-state index contributed by atoms with van der Waals surface area (Å²) in [5, 5.41) is 0. The molecule has 2 rings (SSSR count). The van der Waals surface area contributed by atoms with Crippen molar-refractivity contribution in [2.75, 3.05) is 0 Å². The zero-order valence-corrected chi connectivity index (χ0v) is 14.3. The minimum atomic E-state index is 0.237. The molecule has 2 aromatic rings. The number of hydrogen-bond donors (Lipinski definition) is 1. The molecule has 0 aromatic heterocycles. The maximum atomic E-state index is 6.03. The largest absolute Gasteiger partial charge is 0.327 e. The van der Waals surface area contributed by atoms with E-state index < -0.39 is 0 Å². The second-order valence-corrected chi connectivity index (χ2v) is 6.96. The van der Waals surface area contributed by atoms with E-state index in [-0.39, 0.29) is 6.04 Å². The molecule has 0 aliphatic heterocycles. The van der Waals surface area contributed by atoms with Crippen LogP contribution in [0.5, 0.6) is 0 Å². The first-order valence-corrected chi connectivity index (χ1v) is 8.48. The second-order valence-electron chi connectivity index (χ2n) is 4.99. The number of benzene rings is 2. The van der Waals surface area contributed by atoms with Gasteiger partial charge in [-0.25, -0.2) is 0 Å². The first-order valence-electron chi connectivity index (χ1n) is 6.87. The van der Waals surface area contributed by atoms with Gasteiger partial charge in [-0.2, -0.15) is 0 Å². The van der Waals surface area contributed by atoms with Crippen molar-refractivity contribution in [3.05, 3.63) is 58.1 Å². The number of hydrogen-bond acceptors (Lipinski definition) is 2. The van der Waals surface area contributed by atoms with E-state index in [4.69, 9.17) is 5.73 Å². The van der Waals surface area contributed by atoms with Gasteiger partial charge < -0.3 is 5.73 Å². The van der Waals surface area contributed by atoms with Crippen LogP contribution < -0.4 is 5.73 Å². The third-order valence-corrected chi connectivity index (χ3v) is 5.26. The number of aryl methyl sites for hydroxylation is 1. The van der Waals surface area contributed by atoms with Gasteiger partial charge in [0.1, 0.15) is 0 Å². The Morgan fingerprint density at radius 3 is 2.60 bits per heavy atom. The normalized spacial score (nSPS) is 12.4. The van der Waals surface area contributed by atoms with E-state index in [9.17, 15) is 0 Å². The Labute approximate surface area is 134 Å². The van der Waals surface area contributed by atoms with Crippen LogP contribution in [0.3, 0.4) is 0 Å². The molecule has 1 atom stereocenters. The fraction of sp³-hybridized carbons (Fsp3) is 0.294. The summed E-state index contributed by atoms with van der Waals surface area (Å²) in [5.41, 5.74) is 8.63. The Kier molecular flexibility index (Phi) is 5.70. The summed E-state index contributed by atoms with van der Waals surface area (Å²) in [5.74, 6) is 0. The van der Waals surface area contributed by atoms with E-state index in [1.165, 1.54) is 20.9 Å². The molecule has 0 spiro atoms. The van der Waals surface area contributed by atoms with Crippen molar-refractivity contribution in [2.24, 2.45) is 5.73 Å². The molecule has 0 aliphatic carbocycles. The quantitative estimate of drug-likeness (QED) is 0.803. The summed E-state index contributed by atoms with van der Waals surface area (Å²) in [7, 11) is 0. The predicted octanol–water partition coefficient (Wildman–Crippen LogP) is 5.19.